The Hall–Kier alpha value is -2.40. The first-order valence-corrected chi connectivity index (χ1v) is 10.9. The number of esters is 1. The van der Waals surface area contributed by atoms with E-state index in [1.165, 1.54) is 18.2 Å². The zero-order chi connectivity index (χ0) is 22.4. The Bertz CT molecular complexity index is 1090. The van der Waals surface area contributed by atoms with Crippen LogP contribution in [0.25, 0.3) is 28.1 Å². The number of nitrogens with zero attached hydrogens (tertiary/aromatic N) is 1. The summed E-state index contributed by atoms with van der Waals surface area (Å²) in [6.07, 6.45) is 5.98. The van der Waals surface area contributed by atoms with Crippen LogP contribution in [-0.4, -0.2) is 18.1 Å². The summed E-state index contributed by atoms with van der Waals surface area (Å²) in [6, 6.07) is 14.9. The third kappa shape index (κ3) is 7.29. The Labute approximate surface area is 209 Å². The van der Waals surface area contributed by atoms with Crippen LogP contribution in [0, 0.1) is 12.8 Å². The minimum Gasteiger partial charge on any atom is -0.469 e. The van der Waals surface area contributed by atoms with Gasteiger partial charge in [-0.15, -0.1) is 24.8 Å². The van der Waals surface area contributed by atoms with Crippen LogP contribution in [0.4, 0.5) is 0 Å². The van der Waals surface area contributed by atoms with Crippen molar-refractivity contribution in [1.29, 1.82) is 0 Å². The molecule has 0 atom stereocenters. The van der Waals surface area contributed by atoms with Gasteiger partial charge in [0.2, 0.25) is 0 Å². The summed E-state index contributed by atoms with van der Waals surface area (Å²) in [7, 11) is 1.41. The quantitative estimate of drug-likeness (QED) is 0.359. The lowest BCUT2D eigenvalue weighted by Crippen LogP contribution is -2.10. The summed E-state index contributed by atoms with van der Waals surface area (Å²) in [5, 5.41) is 1.10. The van der Waals surface area contributed by atoms with Gasteiger partial charge in [-0.05, 0) is 60.1 Å². The highest BCUT2D eigenvalue weighted by atomic mass is 35.5. The number of nitrogens with two attached hydrogens (primary N) is 1. The minimum absolute atomic E-state index is 0. The van der Waals surface area contributed by atoms with Gasteiger partial charge in [-0.25, -0.2) is 0 Å². The minimum atomic E-state index is -0.195. The van der Waals surface area contributed by atoms with Gasteiger partial charge in [0.05, 0.1) is 12.6 Å². The van der Waals surface area contributed by atoms with Crippen molar-refractivity contribution >= 4 is 47.8 Å². The molecule has 33 heavy (non-hydrogen) atoms. The number of aromatic nitrogens is 1. The van der Waals surface area contributed by atoms with Crippen molar-refractivity contribution in [1.82, 2.24) is 4.98 Å². The van der Waals surface area contributed by atoms with Crippen molar-refractivity contribution in [2.75, 3.05) is 7.11 Å². The number of methoxy groups -OCH3 is 1. The van der Waals surface area contributed by atoms with Gasteiger partial charge in [0.25, 0.3) is 0 Å². The van der Waals surface area contributed by atoms with E-state index < -0.39 is 0 Å². The van der Waals surface area contributed by atoms with Gasteiger partial charge in [0.15, 0.2) is 0 Å². The Morgan fingerprint density at radius 1 is 1.12 bits per heavy atom. The van der Waals surface area contributed by atoms with Crippen molar-refractivity contribution in [2.45, 2.75) is 46.6 Å². The van der Waals surface area contributed by atoms with Crippen LogP contribution in [0.15, 0.2) is 48.5 Å². The van der Waals surface area contributed by atoms with E-state index in [0.29, 0.717) is 25.3 Å². The monoisotopic (exact) mass is 488 g/mol. The van der Waals surface area contributed by atoms with Crippen LogP contribution in [0.3, 0.4) is 0 Å². The molecular weight excluding hydrogens is 455 g/mol. The van der Waals surface area contributed by atoms with Gasteiger partial charge in [-0.3, -0.25) is 9.78 Å². The zero-order valence-corrected chi connectivity index (χ0v) is 21.4. The molecule has 0 radical (unpaired) electrons. The van der Waals surface area contributed by atoms with Gasteiger partial charge < -0.3 is 10.5 Å². The van der Waals surface area contributed by atoms with Crippen LogP contribution >= 0.6 is 24.8 Å². The summed E-state index contributed by atoms with van der Waals surface area (Å²) in [6.45, 7) is 6.97. The third-order valence-electron chi connectivity index (χ3n) is 5.39. The Kier molecular flexibility index (Phi) is 11.6. The van der Waals surface area contributed by atoms with Crippen LogP contribution in [-0.2, 0) is 22.5 Å². The Morgan fingerprint density at radius 3 is 2.42 bits per heavy atom. The first-order valence-electron chi connectivity index (χ1n) is 10.9. The fourth-order valence-electron chi connectivity index (χ4n) is 3.82. The smallest absolute Gasteiger partial charge is 0.305 e. The van der Waals surface area contributed by atoms with Crippen molar-refractivity contribution in [2.24, 2.45) is 11.7 Å². The molecule has 0 amide bonds. The molecule has 0 saturated heterocycles. The predicted octanol–water partition coefficient (Wildman–Crippen LogP) is 6.68. The SMILES string of the molecule is COC(=O)CC/C=C\c1ccc2nc(CC(C)C)c(CN)c(-c3ccc(C)cc3)c2c1.Cl.Cl. The van der Waals surface area contributed by atoms with E-state index in [9.17, 15) is 4.79 Å². The lowest BCUT2D eigenvalue weighted by molar-refractivity contribution is -0.140. The van der Waals surface area contributed by atoms with E-state index in [2.05, 4.69) is 63.2 Å². The van der Waals surface area contributed by atoms with Crippen molar-refractivity contribution < 1.29 is 9.53 Å². The summed E-state index contributed by atoms with van der Waals surface area (Å²) in [5.41, 5.74) is 14.1. The number of carbonyl (C=O) groups excluding carboxylic acids is 1. The molecule has 0 aliphatic carbocycles. The highest BCUT2D eigenvalue weighted by Crippen LogP contribution is 2.35. The normalized spacial score (nSPS) is 10.8. The van der Waals surface area contributed by atoms with E-state index in [0.717, 1.165) is 39.7 Å². The summed E-state index contributed by atoms with van der Waals surface area (Å²) >= 11 is 0. The molecule has 0 aliphatic heterocycles. The van der Waals surface area contributed by atoms with E-state index >= 15 is 0 Å². The van der Waals surface area contributed by atoms with E-state index in [1.807, 2.05) is 12.2 Å². The highest BCUT2D eigenvalue weighted by Gasteiger charge is 2.17. The number of fused-ring (bicyclic) bond motifs is 1. The largest absolute Gasteiger partial charge is 0.469 e. The summed E-state index contributed by atoms with van der Waals surface area (Å²) < 4.78 is 4.70. The third-order valence-corrected chi connectivity index (χ3v) is 5.39. The second-order valence-corrected chi connectivity index (χ2v) is 8.37. The average molecular weight is 489 g/mol. The molecule has 6 heteroatoms. The van der Waals surface area contributed by atoms with E-state index in [-0.39, 0.29) is 30.8 Å². The molecule has 0 fully saturated rings. The maximum Gasteiger partial charge on any atom is 0.305 e. The number of hydrogen-bond donors (Lipinski definition) is 1. The molecule has 0 unspecified atom stereocenters. The number of carbonyl (C=O) groups is 1. The van der Waals surface area contributed by atoms with Crippen LogP contribution < -0.4 is 5.73 Å². The van der Waals surface area contributed by atoms with Crippen LogP contribution in [0.1, 0.15) is 49.1 Å². The van der Waals surface area contributed by atoms with Crippen LogP contribution in [0.2, 0.25) is 0 Å². The lowest BCUT2D eigenvalue weighted by atomic mass is 9.90. The van der Waals surface area contributed by atoms with Crippen molar-refractivity contribution in [3.05, 3.63) is 70.9 Å². The molecular formula is C27H34Cl2N2O2. The Morgan fingerprint density at radius 2 is 1.82 bits per heavy atom. The molecule has 0 saturated carbocycles. The van der Waals surface area contributed by atoms with E-state index in [4.69, 9.17) is 15.5 Å². The fraction of sp³-hybridized carbons (Fsp3) is 0.333. The van der Waals surface area contributed by atoms with Gasteiger partial charge in [0.1, 0.15) is 0 Å². The molecule has 2 N–H and O–H groups in total. The number of hydrogen-bond acceptors (Lipinski definition) is 4. The molecule has 0 spiro atoms. The van der Waals surface area contributed by atoms with E-state index in [1.54, 1.807) is 0 Å². The fourth-order valence-corrected chi connectivity index (χ4v) is 3.82. The molecule has 0 aliphatic rings. The number of pyridine rings is 1. The highest BCUT2D eigenvalue weighted by molar-refractivity contribution is 5.97. The topological polar surface area (TPSA) is 65.2 Å². The molecule has 2 aromatic carbocycles. The molecule has 178 valence electrons. The van der Waals surface area contributed by atoms with Gasteiger partial charge in [-0.2, -0.15) is 0 Å². The number of ether oxygens (including phenoxy) is 1. The van der Waals surface area contributed by atoms with Crippen LogP contribution in [0.5, 0.6) is 0 Å². The average Bonchev–Trinajstić information content (AvgIpc) is 2.76. The molecule has 1 heterocycles. The number of benzene rings is 2. The van der Waals surface area contributed by atoms with Crippen molar-refractivity contribution in [3.8, 4) is 11.1 Å². The number of aryl methyl sites for hydroxylation is 1. The number of allylic oxidation sites excluding steroid dienone is 1. The second-order valence-electron chi connectivity index (χ2n) is 8.37. The molecule has 0 bridgehead atoms. The number of rotatable bonds is 8. The zero-order valence-electron chi connectivity index (χ0n) is 19.8. The standard InChI is InChI=1S/C27H32N2O2.2ClH/c1-18(2)15-25-23(17-28)27(21-12-9-19(3)10-13-21)22-16-20(11-14-24(22)29-25)7-5-6-8-26(30)31-4;;/h5,7,9-14,16,18H,6,8,15,17,28H2,1-4H3;2*1H/b7-5-;;. The van der Waals surface area contributed by atoms with Gasteiger partial charge in [0, 0.05) is 24.0 Å². The Balaban J connectivity index is 0.00000272. The first kappa shape index (κ1) is 28.6. The lowest BCUT2D eigenvalue weighted by Gasteiger charge is -2.18. The maximum atomic E-state index is 11.3. The predicted molar refractivity (Wildman–Crippen MR) is 143 cm³/mol. The van der Waals surface area contributed by atoms with Gasteiger partial charge >= 0.3 is 5.97 Å². The van der Waals surface area contributed by atoms with Gasteiger partial charge in [-0.1, -0.05) is 61.9 Å². The maximum absolute atomic E-state index is 11.3. The summed E-state index contributed by atoms with van der Waals surface area (Å²) in [4.78, 5) is 16.3. The summed E-state index contributed by atoms with van der Waals surface area (Å²) in [5.74, 6) is 0.303. The molecule has 3 aromatic rings. The number of halogens is 2. The molecule has 1 aromatic heterocycles. The van der Waals surface area contributed by atoms with Crippen molar-refractivity contribution in [3.63, 3.8) is 0 Å². The first-order chi connectivity index (χ1) is 14.9. The molecule has 3 rings (SSSR count). The molecule has 4 nitrogen and oxygen atoms in total. The second kappa shape index (κ2) is 13.3.